The Morgan fingerprint density at radius 3 is 2.28 bits per heavy atom. The van der Waals surface area contributed by atoms with E-state index >= 15 is 0 Å². The molecule has 1 aliphatic carbocycles. The molecule has 7 nitrogen and oxygen atoms in total. The fourth-order valence-electron chi connectivity index (χ4n) is 5.17. The molecule has 1 spiro atoms. The Morgan fingerprint density at radius 2 is 1.72 bits per heavy atom. The van der Waals surface area contributed by atoms with E-state index in [0.29, 0.717) is 13.0 Å². The number of likely N-dealkylation sites (tertiary alicyclic amines) is 2. The summed E-state index contributed by atoms with van der Waals surface area (Å²) in [5.74, 6) is -1.65. The van der Waals surface area contributed by atoms with Crippen LogP contribution in [0.4, 0.5) is 13.2 Å². The molecule has 0 aromatic rings. The predicted octanol–water partition coefficient (Wildman–Crippen LogP) is 3.09. The number of carbonyl (C=O) groups is 2. The van der Waals surface area contributed by atoms with Crippen LogP contribution in [0.3, 0.4) is 0 Å². The molecule has 1 N–H and O–H groups in total. The molecule has 1 unspecified atom stereocenters. The lowest BCUT2D eigenvalue weighted by molar-refractivity contribution is -0.192. The smallest absolute Gasteiger partial charge is 0.475 e. The van der Waals surface area contributed by atoms with Crippen molar-refractivity contribution >= 4 is 21.7 Å². The van der Waals surface area contributed by atoms with Crippen LogP contribution in [0.25, 0.3) is 0 Å². The zero-order valence-corrected chi connectivity index (χ0v) is 19.5. The van der Waals surface area contributed by atoms with E-state index in [9.17, 15) is 26.4 Å². The summed E-state index contributed by atoms with van der Waals surface area (Å²) >= 11 is 0. The third-order valence-corrected chi connectivity index (χ3v) is 7.78. The number of hydrogen-bond donors (Lipinski definition) is 1. The normalized spacial score (nSPS) is 26.0. The highest BCUT2D eigenvalue weighted by Gasteiger charge is 2.45. The molecule has 186 valence electrons. The summed E-state index contributed by atoms with van der Waals surface area (Å²) in [6, 6.07) is 0. The molecule has 2 aliphatic heterocycles. The van der Waals surface area contributed by atoms with Crippen LogP contribution in [0, 0.1) is 5.92 Å². The molecule has 32 heavy (non-hydrogen) atoms. The van der Waals surface area contributed by atoms with Gasteiger partial charge < -0.3 is 14.9 Å². The minimum Gasteiger partial charge on any atom is -0.475 e. The van der Waals surface area contributed by atoms with Gasteiger partial charge in [-0.3, -0.25) is 4.79 Å². The first-order valence-corrected chi connectivity index (χ1v) is 13.4. The molecule has 11 heteroatoms. The van der Waals surface area contributed by atoms with Gasteiger partial charge in [-0.25, -0.2) is 13.2 Å². The largest absolute Gasteiger partial charge is 0.490 e. The topological polar surface area (TPSA) is 95.0 Å². The molecule has 0 bridgehead atoms. The van der Waals surface area contributed by atoms with Crippen LogP contribution < -0.4 is 0 Å². The van der Waals surface area contributed by atoms with Crippen molar-refractivity contribution in [2.24, 2.45) is 5.92 Å². The maximum Gasteiger partial charge on any atom is 0.490 e. The van der Waals surface area contributed by atoms with Gasteiger partial charge in [-0.15, -0.1) is 0 Å². The number of carboxylic acids is 1. The lowest BCUT2D eigenvalue weighted by Crippen LogP contribution is -2.48. The number of sulfone groups is 1. The number of amides is 1. The summed E-state index contributed by atoms with van der Waals surface area (Å²) in [5, 5.41) is 7.12. The van der Waals surface area contributed by atoms with Crippen LogP contribution in [-0.2, 0) is 19.4 Å². The molecule has 3 rings (SSSR count). The van der Waals surface area contributed by atoms with Crippen molar-refractivity contribution in [3.63, 3.8) is 0 Å². The van der Waals surface area contributed by atoms with Gasteiger partial charge >= 0.3 is 12.1 Å². The van der Waals surface area contributed by atoms with Gasteiger partial charge in [0.1, 0.15) is 9.84 Å². The molecule has 0 aromatic carbocycles. The third kappa shape index (κ3) is 8.20. The Bertz CT molecular complexity index is 753. The standard InChI is InChI=1S/C19H34N2O3S.C2HF3O2/c1-25(23,24)15-14-21-18(22)8-10-19(21)9-5-12-20(13-11-19)16-17-6-3-2-4-7-17;3-2(4,5)1(6)7/h17H,2-16H2,1H3;(H,6,7). The van der Waals surface area contributed by atoms with Gasteiger partial charge in [0, 0.05) is 37.8 Å². The maximum absolute atomic E-state index is 12.4. The Hall–Kier alpha value is -1.36. The summed E-state index contributed by atoms with van der Waals surface area (Å²) in [5.41, 5.74) is -0.0803. The molecule has 1 saturated carbocycles. The fraction of sp³-hybridized carbons (Fsp3) is 0.905. The van der Waals surface area contributed by atoms with E-state index in [4.69, 9.17) is 9.90 Å². The maximum atomic E-state index is 12.4. The second-order valence-electron chi connectivity index (χ2n) is 9.36. The van der Waals surface area contributed by atoms with Gasteiger partial charge in [-0.05, 0) is 51.0 Å². The lowest BCUT2D eigenvalue weighted by Gasteiger charge is -2.38. The van der Waals surface area contributed by atoms with E-state index in [1.807, 2.05) is 4.90 Å². The van der Waals surface area contributed by atoms with Crippen LogP contribution in [0.2, 0.25) is 0 Å². The minimum atomic E-state index is -5.08. The van der Waals surface area contributed by atoms with Crippen LogP contribution in [-0.4, -0.2) is 85.1 Å². The van der Waals surface area contributed by atoms with Gasteiger partial charge in [0.25, 0.3) is 0 Å². The highest BCUT2D eigenvalue weighted by Crippen LogP contribution is 2.39. The second kappa shape index (κ2) is 11.2. The fourth-order valence-corrected chi connectivity index (χ4v) is 5.68. The van der Waals surface area contributed by atoms with Gasteiger partial charge in [0.05, 0.1) is 5.75 Å². The molecular formula is C21H35F3N2O5S. The van der Waals surface area contributed by atoms with Crippen LogP contribution >= 0.6 is 0 Å². The zero-order valence-electron chi connectivity index (χ0n) is 18.7. The number of nitrogens with zero attached hydrogens (tertiary/aromatic N) is 2. The highest BCUT2D eigenvalue weighted by atomic mass is 32.2. The summed E-state index contributed by atoms with van der Waals surface area (Å²) < 4.78 is 54.9. The number of hydrogen-bond acceptors (Lipinski definition) is 5. The Labute approximate surface area is 188 Å². The zero-order chi connectivity index (χ0) is 24.0. The molecule has 2 saturated heterocycles. The second-order valence-corrected chi connectivity index (χ2v) is 11.6. The average Bonchev–Trinajstić information content (AvgIpc) is 2.86. The van der Waals surface area contributed by atoms with Crippen LogP contribution in [0.15, 0.2) is 0 Å². The number of carboxylic acid groups (broad SMARTS) is 1. The number of alkyl halides is 3. The Morgan fingerprint density at radius 1 is 1.09 bits per heavy atom. The van der Waals surface area contributed by atoms with E-state index in [1.165, 1.54) is 44.9 Å². The summed E-state index contributed by atoms with van der Waals surface area (Å²) in [6.07, 6.45) is 7.76. The SMILES string of the molecule is CS(=O)(=O)CCN1C(=O)CCC12CCCN(CC1CCCCC1)CC2.O=C(O)C(F)(F)F. The van der Waals surface area contributed by atoms with Crippen LogP contribution in [0.5, 0.6) is 0 Å². The van der Waals surface area contributed by atoms with Gasteiger partial charge in [-0.1, -0.05) is 19.3 Å². The van der Waals surface area contributed by atoms with Crippen LogP contribution in [0.1, 0.15) is 64.2 Å². The molecule has 2 heterocycles. The molecule has 3 fully saturated rings. The minimum absolute atomic E-state index is 0.0803. The van der Waals surface area contributed by atoms with E-state index < -0.39 is 22.0 Å². The lowest BCUT2D eigenvalue weighted by atomic mass is 9.87. The van der Waals surface area contributed by atoms with Crippen molar-refractivity contribution in [1.82, 2.24) is 9.80 Å². The first-order chi connectivity index (χ1) is 14.8. The first kappa shape index (κ1) is 26.9. The summed E-state index contributed by atoms with van der Waals surface area (Å²) in [4.78, 5) is 25.8. The Kier molecular flexibility index (Phi) is 9.39. The van der Waals surface area contributed by atoms with Crippen molar-refractivity contribution in [3.8, 4) is 0 Å². The van der Waals surface area contributed by atoms with Crippen molar-refractivity contribution in [3.05, 3.63) is 0 Å². The van der Waals surface area contributed by atoms with Gasteiger partial charge in [0.15, 0.2) is 0 Å². The molecule has 0 radical (unpaired) electrons. The Balaban J connectivity index is 0.000000451. The summed E-state index contributed by atoms with van der Waals surface area (Å²) in [7, 11) is -3.03. The third-order valence-electron chi connectivity index (χ3n) is 6.86. The highest BCUT2D eigenvalue weighted by molar-refractivity contribution is 7.90. The molecular weight excluding hydrogens is 449 g/mol. The molecule has 1 atom stereocenters. The van der Waals surface area contributed by atoms with Crippen molar-refractivity contribution in [2.45, 2.75) is 75.9 Å². The van der Waals surface area contributed by atoms with E-state index in [1.54, 1.807) is 0 Å². The molecule has 0 aromatic heterocycles. The van der Waals surface area contributed by atoms with E-state index in [0.717, 1.165) is 44.7 Å². The van der Waals surface area contributed by atoms with Gasteiger partial charge in [-0.2, -0.15) is 13.2 Å². The van der Waals surface area contributed by atoms with E-state index in [-0.39, 0.29) is 17.2 Å². The quantitative estimate of drug-likeness (QED) is 0.645. The number of rotatable bonds is 5. The van der Waals surface area contributed by atoms with Crippen molar-refractivity contribution < 1.29 is 36.3 Å². The predicted molar refractivity (Wildman–Crippen MR) is 114 cm³/mol. The molecule has 1 amide bonds. The number of carbonyl (C=O) groups excluding carboxylic acids is 1. The summed E-state index contributed by atoms with van der Waals surface area (Å²) in [6.45, 7) is 3.78. The number of halogens is 3. The monoisotopic (exact) mass is 484 g/mol. The van der Waals surface area contributed by atoms with Crippen molar-refractivity contribution in [2.75, 3.05) is 38.2 Å². The van der Waals surface area contributed by atoms with Gasteiger partial charge in [0.2, 0.25) is 5.91 Å². The molecule has 3 aliphatic rings. The average molecular weight is 485 g/mol. The van der Waals surface area contributed by atoms with Crippen molar-refractivity contribution in [1.29, 1.82) is 0 Å². The number of aliphatic carboxylic acids is 1. The van der Waals surface area contributed by atoms with E-state index in [2.05, 4.69) is 4.90 Å². The first-order valence-electron chi connectivity index (χ1n) is 11.3.